The summed E-state index contributed by atoms with van der Waals surface area (Å²) >= 11 is 3.23. The standard InChI is InChI=1S/C20H27N5OS2/c1-10(2)14-12-9-26-20(3,4)8-11(12)13-15-16(28-18(13)23-14)17(22-7-6-21)25-19(24-15)27-5/h10H,6-9,21H2,1-5H3,(H,22,24,25). The molecule has 4 heterocycles. The minimum Gasteiger partial charge on any atom is -0.370 e. The number of hydrogen-bond donors (Lipinski definition) is 2. The van der Waals surface area contributed by atoms with Gasteiger partial charge in [-0.05, 0) is 31.6 Å². The number of thioether (sulfide) groups is 1. The van der Waals surface area contributed by atoms with E-state index in [9.17, 15) is 0 Å². The Labute approximate surface area is 173 Å². The number of nitrogens with one attached hydrogen (secondary N) is 1. The average molecular weight is 418 g/mol. The van der Waals surface area contributed by atoms with Crippen molar-refractivity contribution in [1.29, 1.82) is 0 Å². The lowest BCUT2D eigenvalue weighted by Crippen LogP contribution is -2.32. The van der Waals surface area contributed by atoms with Crippen LogP contribution in [0.3, 0.4) is 0 Å². The number of ether oxygens (including phenoxy) is 1. The molecule has 0 amide bonds. The van der Waals surface area contributed by atoms with E-state index >= 15 is 0 Å². The summed E-state index contributed by atoms with van der Waals surface area (Å²) in [6, 6.07) is 0. The van der Waals surface area contributed by atoms with Crippen molar-refractivity contribution in [3.05, 3.63) is 16.8 Å². The Kier molecular flexibility index (Phi) is 5.24. The van der Waals surface area contributed by atoms with Gasteiger partial charge in [0.15, 0.2) is 5.16 Å². The molecule has 0 atom stereocenters. The predicted molar refractivity (Wildman–Crippen MR) is 119 cm³/mol. The SMILES string of the molecule is CSc1nc(NCCN)c2sc3nc(C(C)C)c4c(c3c2n1)CC(C)(C)OC4. The van der Waals surface area contributed by atoms with Crippen molar-refractivity contribution < 1.29 is 4.74 Å². The maximum Gasteiger partial charge on any atom is 0.189 e. The van der Waals surface area contributed by atoms with Crippen LogP contribution in [-0.2, 0) is 17.8 Å². The van der Waals surface area contributed by atoms with Gasteiger partial charge in [-0.2, -0.15) is 0 Å². The minimum atomic E-state index is -0.195. The van der Waals surface area contributed by atoms with Crippen LogP contribution in [0.5, 0.6) is 0 Å². The number of pyridine rings is 1. The second-order valence-electron chi connectivity index (χ2n) is 8.07. The van der Waals surface area contributed by atoms with Crippen molar-refractivity contribution in [2.45, 2.75) is 57.4 Å². The van der Waals surface area contributed by atoms with Crippen LogP contribution in [0.4, 0.5) is 5.82 Å². The molecule has 3 aromatic rings. The number of anilines is 1. The van der Waals surface area contributed by atoms with Crippen LogP contribution in [-0.4, -0.2) is 39.9 Å². The Morgan fingerprint density at radius 2 is 2.04 bits per heavy atom. The minimum absolute atomic E-state index is 0.195. The van der Waals surface area contributed by atoms with E-state index in [1.165, 1.54) is 16.5 Å². The third-order valence-electron chi connectivity index (χ3n) is 5.07. The molecule has 0 bridgehead atoms. The van der Waals surface area contributed by atoms with Crippen LogP contribution >= 0.6 is 23.1 Å². The summed E-state index contributed by atoms with van der Waals surface area (Å²) in [5.41, 5.74) is 10.2. The summed E-state index contributed by atoms with van der Waals surface area (Å²) in [6.45, 7) is 10.5. The van der Waals surface area contributed by atoms with Crippen molar-refractivity contribution in [3.8, 4) is 0 Å². The molecule has 8 heteroatoms. The number of rotatable bonds is 5. The Morgan fingerprint density at radius 1 is 1.25 bits per heavy atom. The van der Waals surface area contributed by atoms with Gasteiger partial charge >= 0.3 is 0 Å². The maximum atomic E-state index is 6.14. The summed E-state index contributed by atoms with van der Waals surface area (Å²) in [5, 5.41) is 5.31. The third-order valence-corrected chi connectivity index (χ3v) is 6.69. The summed E-state index contributed by atoms with van der Waals surface area (Å²) in [7, 11) is 0. The molecular weight excluding hydrogens is 390 g/mol. The monoisotopic (exact) mass is 417 g/mol. The van der Waals surface area contributed by atoms with E-state index < -0.39 is 0 Å². The van der Waals surface area contributed by atoms with Crippen LogP contribution in [0, 0.1) is 0 Å². The Balaban J connectivity index is 2.07. The largest absolute Gasteiger partial charge is 0.370 e. The molecule has 1 aliphatic rings. The number of hydrogen-bond acceptors (Lipinski definition) is 8. The Morgan fingerprint density at radius 3 is 2.71 bits per heavy atom. The van der Waals surface area contributed by atoms with Gasteiger partial charge in [-0.15, -0.1) is 11.3 Å². The topological polar surface area (TPSA) is 86.0 Å². The summed E-state index contributed by atoms with van der Waals surface area (Å²) in [6.07, 6.45) is 2.86. The first-order chi connectivity index (χ1) is 13.3. The lowest BCUT2D eigenvalue weighted by Gasteiger charge is -2.33. The Bertz CT molecular complexity index is 1040. The molecule has 150 valence electrons. The van der Waals surface area contributed by atoms with Crippen LogP contribution in [0.25, 0.3) is 20.4 Å². The zero-order valence-corrected chi connectivity index (χ0v) is 18.7. The molecule has 0 unspecified atom stereocenters. The molecule has 0 fully saturated rings. The molecule has 4 rings (SSSR count). The summed E-state index contributed by atoms with van der Waals surface area (Å²) in [4.78, 5) is 15.7. The molecule has 28 heavy (non-hydrogen) atoms. The van der Waals surface area contributed by atoms with Crippen molar-refractivity contribution >= 4 is 49.3 Å². The van der Waals surface area contributed by atoms with Gasteiger partial charge in [-0.1, -0.05) is 25.6 Å². The molecule has 3 aromatic heterocycles. The normalized spacial score (nSPS) is 16.1. The van der Waals surface area contributed by atoms with Gasteiger partial charge in [-0.25, -0.2) is 15.0 Å². The van der Waals surface area contributed by atoms with E-state index in [0.717, 1.165) is 38.1 Å². The highest BCUT2D eigenvalue weighted by Crippen LogP contribution is 2.43. The fraction of sp³-hybridized carbons (Fsp3) is 0.550. The molecular formula is C20H27N5OS2. The van der Waals surface area contributed by atoms with E-state index in [0.29, 0.717) is 25.6 Å². The lowest BCUT2D eigenvalue weighted by atomic mass is 9.87. The van der Waals surface area contributed by atoms with Crippen LogP contribution < -0.4 is 11.1 Å². The van der Waals surface area contributed by atoms with Crippen molar-refractivity contribution in [2.75, 3.05) is 24.7 Å². The number of fused-ring (bicyclic) bond motifs is 5. The first-order valence-corrected chi connectivity index (χ1v) is 11.7. The number of nitrogens with two attached hydrogens (primary N) is 1. The zero-order valence-electron chi connectivity index (χ0n) is 17.0. The zero-order chi connectivity index (χ0) is 20.1. The van der Waals surface area contributed by atoms with Gasteiger partial charge in [0.05, 0.1) is 28.1 Å². The van der Waals surface area contributed by atoms with Crippen LogP contribution in [0.15, 0.2) is 5.16 Å². The fourth-order valence-corrected chi connectivity index (χ4v) is 5.24. The van der Waals surface area contributed by atoms with E-state index in [4.69, 9.17) is 25.4 Å². The lowest BCUT2D eigenvalue weighted by molar-refractivity contribution is -0.0402. The van der Waals surface area contributed by atoms with Gasteiger partial charge in [-0.3, -0.25) is 0 Å². The predicted octanol–water partition coefficient (Wildman–Crippen LogP) is 4.31. The quantitative estimate of drug-likeness (QED) is 0.472. The second kappa shape index (κ2) is 7.40. The number of nitrogens with zero attached hydrogens (tertiary/aromatic N) is 3. The second-order valence-corrected chi connectivity index (χ2v) is 9.84. The molecule has 1 aliphatic heterocycles. The van der Waals surface area contributed by atoms with Gasteiger partial charge in [0, 0.05) is 30.5 Å². The van der Waals surface area contributed by atoms with Gasteiger partial charge in [0.25, 0.3) is 0 Å². The first kappa shape index (κ1) is 19.8. The van der Waals surface area contributed by atoms with Gasteiger partial charge in [0.2, 0.25) is 0 Å². The van der Waals surface area contributed by atoms with E-state index in [1.54, 1.807) is 23.1 Å². The molecule has 6 nitrogen and oxygen atoms in total. The highest BCUT2D eigenvalue weighted by Gasteiger charge is 2.32. The molecule has 0 saturated heterocycles. The molecule has 0 aliphatic carbocycles. The third kappa shape index (κ3) is 3.36. The van der Waals surface area contributed by atoms with Gasteiger partial charge < -0.3 is 15.8 Å². The van der Waals surface area contributed by atoms with Crippen molar-refractivity contribution in [2.24, 2.45) is 5.73 Å². The highest BCUT2D eigenvalue weighted by atomic mass is 32.2. The van der Waals surface area contributed by atoms with Crippen molar-refractivity contribution in [3.63, 3.8) is 0 Å². The van der Waals surface area contributed by atoms with Crippen LogP contribution in [0.1, 0.15) is 50.4 Å². The molecule has 0 aromatic carbocycles. The maximum absolute atomic E-state index is 6.14. The average Bonchev–Trinajstić information content (AvgIpc) is 3.03. The molecule has 3 N–H and O–H groups in total. The smallest absolute Gasteiger partial charge is 0.189 e. The highest BCUT2D eigenvalue weighted by molar-refractivity contribution is 7.98. The van der Waals surface area contributed by atoms with Crippen molar-refractivity contribution in [1.82, 2.24) is 15.0 Å². The summed E-state index contributed by atoms with van der Waals surface area (Å²) in [5.74, 6) is 1.20. The molecule has 0 spiro atoms. The molecule has 0 radical (unpaired) electrons. The number of thiophene rings is 1. The fourth-order valence-electron chi connectivity index (χ4n) is 3.76. The van der Waals surface area contributed by atoms with Crippen LogP contribution in [0.2, 0.25) is 0 Å². The number of aromatic nitrogens is 3. The summed E-state index contributed by atoms with van der Waals surface area (Å²) < 4.78 is 7.20. The van der Waals surface area contributed by atoms with E-state index in [-0.39, 0.29) is 5.60 Å². The first-order valence-electron chi connectivity index (χ1n) is 9.62. The van der Waals surface area contributed by atoms with E-state index in [2.05, 4.69) is 33.0 Å². The van der Waals surface area contributed by atoms with Gasteiger partial charge in [0.1, 0.15) is 10.6 Å². The van der Waals surface area contributed by atoms with E-state index in [1.807, 2.05) is 6.26 Å². The Hall–Kier alpha value is -1.48. The molecule has 0 saturated carbocycles.